The van der Waals surface area contributed by atoms with Gasteiger partial charge >= 0.3 is 0 Å². The second-order valence-corrected chi connectivity index (χ2v) is 7.35. The van der Waals surface area contributed by atoms with Gasteiger partial charge in [-0.25, -0.2) is 9.37 Å². The first-order chi connectivity index (χ1) is 14.6. The van der Waals surface area contributed by atoms with Gasteiger partial charge in [0, 0.05) is 35.5 Å². The molecule has 0 saturated heterocycles. The molecular weight excluding hydrogens is 381 g/mol. The van der Waals surface area contributed by atoms with Crippen LogP contribution in [-0.2, 0) is 11.3 Å². The lowest BCUT2D eigenvalue weighted by Crippen LogP contribution is -2.40. The Morgan fingerprint density at radius 2 is 2.03 bits per heavy atom. The number of hydrogen-bond donors (Lipinski definition) is 1. The van der Waals surface area contributed by atoms with Crippen molar-refractivity contribution in [3.63, 3.8) is 0 Å². The molecule has 1 aromatic carbocycles. The number of halogens is 1. The molecule has 0 aliphatic carbocycles. The van der Waals surface area contributed by atoms with Gasteiger partial charge in [-0.2, -0.15) is 5.10 Å². The summed E-state index contributed by atoms with van der Waals surface area (Å²) < 4.78 is 15.5. The number of carbonyl (C=O) groups is 1. The van der Waals surface area contributed by atoms with Crippen LogP contribution in [0.5, 0.6) is 0 Å². The zero-order chi connectivity index (χ0) is 20.8. The summed E-state index contributed by atoms with van der Waals surface area (Å²) in [6.07, 6.45) is 4.96. The summed E-state index contributed by atoms with van der Waals surface area (Å²) in [7, 11) is 0. The van der Waals surface area contributed by atoms with Gasteiger partial charge in [-0.15, -0.1) is 0 Å². The molecule has 5 rings (SSSR count). The number of aromatic nitrogens is 4. The van der Waals surface area contributed by atoms with E-state index in [2.05, 4.69) is 16.5 Å². The second-order valence-electron chi connectivity index (χ2n) is 7.35. The number of pyridine rings is 1. The third kappa shape index (κ3) is 2.74. The lowest BCUT2D eigenvalue weighted by atomic mass is 9.94. The Hall–Kier alpha value is -3.74. The highest BCUT2D eigenvalue weighted by atomic mass is 19.1. The minimum absolute atomic E-state index is 0.106. The zero-order valence-electron chi connectivity index (χ0n) is 16.5. The minimum atomic E-state index is -0.294. The standard InChI is InChI=1S/C23H20FN5O/c1-3-19(30)28-12-13-29-22(14(28)2)20(17-8-10-25-23-18(17)9-11-26-23)21(27-29)15-4-6-16(24)7-5-15/h3-11,14H,1,12-13H2,2H3,(H,25,26). The van der Waals surface area contributed by atoms with E-state index in [1.807, 2.05) is 29.9 Å². The average molecular weight is 401 g/mol. The van der Waals surface area contributed by atoms with Gasteiger partial charge in [0.2, 0.25) is 5.91 Å². The fourth-order valence-corrected chi connectivity index (χ4v) is 4.29. The highest BCUT2D eigenvalue weighted by molar-refractivity contribution is 5.98. The van der Waals surface area contributed by atoms with Crippen LogP contribution in [0, 0.1) is 5.82 Å². The van der Waals surface area contributed by atoms with Crippen molar-refractivity contribution in [2.24, 2.45) is 0 Å². The van der Waals surface area contributed by atoms with Crippen LogP contribution in [-0.4, -0.2) is 37.1 Å². The Morgan fingerprint density at radius 1 is 1.23 bits per heavy atom. The van der Waals surface area contributed by atoms with Gasteiger partial charge in [0.1, 0.15) is 17.2 Å². The molecule has 4 aromatic rings. The van der Waals surface area contributed by atoms with Gasteiger partial charge < -0.3 is 9.88 Å². The molecule has 30 heavy (non-hydrogen) atoms. The number of hydrogen-bond acceptors (Lipinski definition) is 3. The Bertz CT molecular complexity index is 1270. The number of aromatic amines is 1. The van der Waals surface area contributed by atoms with Crippen LogP contribution in [0.1, 0.15) is 18.7 Å². The summed E-state index contributed by atoms with van der Waals surface area (Å²) in [6, 6.07) is 10.1. The van der Waals surface area contributed by atoms with Crippen molar-refractivity contribution in [3.8, 4) is 22.4 Å². The average Bonchev–Trinajstić information content (AvgIpc) is 3.39. The molecule has 7 heteroatoms. The van der Waals surface area contributed by atoms with Crippen LogP contribution in [0.25, 0.3) is 33.4 Å². The van der Waals surface area contributed by atoms with E-state index in [0.717, 1.165) is 39.1 Å². The summed E-state index contributed by atoms with van der Waals surface area (Å²) in [6.45, 7) is 6.77. The molecular formula is C23H20FN5O. The Balaban J connectivity index is 1.80. The van der Waals surface area contributed by atoms with E-state index in [1.165, 1.54) is 18.2 Å². The summed E-state index contributed by atoms with van der Waals surface area (Å²) >= 11 is 0. The molecule has 0 bridgehead atoms. The lowest BCUT2D eigenvalue weighted by Gasteiger charge is -2.34. The molecule has 0 spiro atoms. The van der Waals surface area contributed by atoms with Gasteiger partial charge in [0.05, 0.1) is 18.3 Å². The van der Waals surface area contributed by atoms with Crippen molar-refractivity contribution in [3.05, 3.63) is 73.0 Å². The van der Waals surface area contributed by atoms with E-state index in [9.17, 15) is 9.18 Å². The van der Waals surface area contributed by atoms with E-state index in [-0.39, 0.29) is 17.8 Å². The van der Waals surface area contributed by atoms with Crippen LogP contribution in [0.3, 0.4) is 0 Å². The Kier molecular flexibility index (Phi) is 4.24. The first kappa shape index (κ1) is 18.3. The number of fused-ring (bicyclic) bond motifs is 2. The van der Waals surface area contributed by atoms with Gasteiger partial charge in [-0.1, -0.05) is 6.58 Å². The fraction of sp³-hybridized carbons (Fsp3) is 0.174. The van der Waals surface area contributed by atoms with Crippen molar-refractivity contribution in [1.82, 2.24) is 24.6 Å². The molecule has 0 saturated carbocycles. The van der Waals surface area contributed by atoms with E-state index in [0.29, 0.717) is 13.1 Å². The van der Waals surface area contributed by atoms with Crippen molar-refractivity contribution in [2.75, 3.05) is 6.54 Å². The van der Waals surface area contributed by atoms with E-state index < -0.39 is 0 Å². The largest absolute Gasteiger partial charge is 0.346 e. The molecule has 1 aliphatic rings. The van der Waals surface area contributed by atoms with Gasteiger partial charge in [-0.05, 0) is 55.0 Å². The first-order valence-electron chi connectivity index (χ1n) is 9.80. The highest BCUT2D eigenvalue weighted by Gasteiger charge is 2.33. The molecule has 150 valence electrons. The number of H-pyrrole nitrogens is 1. The predicted octanol–water partition coefficient (Wildman–Crippen LogP) is 4.32. The smallest absolute Gasteiger partial charge is 0.246 e. The van der Waals surface area contributed by atoms with Crippen LogP contribution >= 0.6 is 0 Å². The maximum Gasteiger partial charge on any atom is 0.246 e. The lowest BCUT2D eigenvalue weighted by molar-refractivity contribution is -0.129. The Labute approximate surface area is 172 Å². The molecule has 1 atom stereocenters. The number of benzene rings is 1. The zero-order valence-corrected chi connectivity index (χ0v) is 16.5. The second kappa shape index (κ2) is 6.95. The molecule has 0 fully saturated rings. The maximum absolute atomic E-state index is 13.6. The summed E-state index contributed by atoms with van der Waals surface area (Å²) in [5, 5.41) is 5.86. The molecule has 1 unspecified atom stereocenters. The first-order valence-corrected chi connectivity index (χ1v) is 9.80. The molecule has 4 heterocycles. The van der Waals surface area contributed by atoms with Crippen LogP contribution in [0.4, 0.5) is 4.39 Å². The molecule has 3 aromatic heterocycles. The fourth-order valence-electron chi connectivity index (χ4n) is 4.29. The third-order valence-electron chi connectivity index (χ3n) is 5.71. The normalized spacial score (nSPS) is 15.9. The van der Waals surface area contributed by atoms with E-state index in [4.69, 9.17) is 5.10 Å². The number of nitrogens with one attached hydrogen (secondary N) is 1. The SMILES string of the molecule is C=CC(=O)N1CCn2nc(-c3ccc(F)cc3)c(-c3ccnc4[nH]ccc34)c2C1C. The molecule has 6 nitrogen and oxygen atoms in total. The molecule has 0 radical (unpaired) electrons. The maximum atomic E-state index is 13.6. The quantitative estimate of drug-likeness (QED) is 0.520. The predicted molar refractivity (Wildman–Crippen MR) is 113 cm³/mol. The van der Waals surface area contributed by atoms with Crippen LogP contribution in [0.2, 0.25) is 0 Å². The third-order valence-corrected chi connectivity index (χ3v) is 5.71. The van der Waals surface area contributed by atoms with Crippen LogP contribution < -0.4 is 0 Å². The molecule has 1 N–H and O–H groups in total. The monoisotopic (exact) mass is 401 g/mol. The minimum Gasteiger partial charge on any atom is -0.346 e. The highest BCUT2D eigenvalue weighted by Crippen LogP contribution is 2.42. The van der Waals surface area contributed by atoms with Gasteiger partial charge in [0.15, 0.2) is 0 Å². The molecule has 1 amide bonds. The van der Waals surface area contributed by atoms with E-state index >= 15 is 0 Å². The topological polar surface area (TPSA) is 66.8 Å². The van der Waals surface area contributed by atoms with Gasteiger partial charge in [-0.3, -0.25) is 9.48 Å². The summed E-state index contributed by atoms with van der Waals surface area (Å²) in [5.74, 6) is -0.400. The van der Waals surface area contributed by atoms with Crippen molar-refractivity contribution >= 4 is 16.9 Å². The molecule has 1 aliphatic heterocycles. The number of carbonyl (C=O) groups excluding carboxylic acids is 1. The Morgan fingerprint density at radius 3 is 2.80 bits per heavy atom. The van der Waals surface area contributed by atoms with Crippen molar-refractivity contribution in [1.29, 1.82) is 0 Å². The van der Waals surface area contributed by atoms with Crippen molar-refractivity contribution < 1.29 is 9.18 Å². The number of amides is 1. The summed E-state index contributed by atoms with van der Waals surface area (Å²) in [4.78, 5) is 21.8. The summed E-state index contributed by atoms with van der Waals surface area (Å²) in [5.41, 5.74) is 5.22. The van der Waals surface area contributed by atoms with E-state index in [1.54, 1.807) is 23.2 Å². The van der Waals surface area contributed by atoms with Crippen LogP contribution in [0.15, 0.2) is 61.4 Å². The number of nitrogens with zero attached hydrogens (tertiary/aromatic N) is 4. The van der Waals surface area contributed by atoms with Gasteiger partial charge in [0.25, 0.3) is 0 Å². The van der Waals surface area contributed by atoms with Crippen molar-refractivity contribution in [2.45, 2.75) is 19.5 Å². The number of rotatable bonds is 3.